The van der Waals surface area contributed by atoms with Gasteiger partial charge in [0.1, 0.15) is 0 Å². The Morgan fingerprint density at radius 1 is 1.15 bits per heavy atom. The molecule has 0 fully saturated rings. The van der Waals surface area contributed by atoms with E-state index in [0.29, 0.717) is 11.3 Å². The van der Waals surface area contributed by atoms with E-state index in [1.54, 1.807) is 24.3 Å². The molecule has 0 saturated carbocycles. The molecule has 0 heterocycles. The highest BCUT2D eigenvalue weighted by atomic mass is 16.2. The van der Waals surface area contributed by atoms with E-state index < -0.39 is 0 Å². The van der Waals surface area contributed by atoms with Crippen LogP contribution in [0.1, 0.15) is 51.4 Å². The van der Waals surface area contributed by atoms with Crippen molar-refractivity contribution in [3.63, 3.8) is 0 Å². The van der Waals surface area contributed by atoms with Gasteiger partial charge in [-0.25, -0.2) is 0 Å². The van der Waals surface area contributed by atoms with Crippen LogP contribution in [-0.2, 0) is 4.79 Å². The monoisotopic (exact) mass is 276 g/mol. The minimum Gasteiger partial charge on any atom is -0.347 e. The number of nitrogens with one attached hydrogen (secondary N) is 2. The average Bonchev–Trinajstić information content (AvgIpc) is 2.38. The molecule has 1 aromatic carbocycles. The summed E-state index contributed by atoms with van der Waals surface area (Å²) in [6, 6.07) is 6.93. The molecule has 1 aromatic rings. The number of carbonyl (C=O) groups excluding carboxylic acids is 2. The summed E-state index contributed by atoms with van der Waals surface area (Å²) >= 11 is 0. The zero-order valence-corrected chi connectivity index (χ0v) is 12.9. The molecule has 20 heavy (non-hydrogen) atoms. The molecule has 2 amide bonds. The molecule has 0 bridgehead atoms. The molecule has 2 N–H and O–H groups in total. The van der Waals surface area contributed by atoms with Crippen LogP contribution in [-0.4, -0.2) is 17.4 Å². The van der Waals surface area contributed by atoms with Crippen molar-refractivity contribution in [2.75, 3.05) is 5.32 Å². The fraction of sp³-hybridized carbons (Fsp3) is 0.500. The van der Waals surface area contributed by atoms with E-state index in [2.05, 4.69) is 10.6 Å². The van der Waals surface area contributed by atoms with Gasteiger partial charge in [-0.15, -0.1) is 0 Å². The third-order valence-corrected chi connectivity index (χ3v) is 3.27. The quantitative estimate of drug-likeness (QED) is 0.867. The first-order valence-corrected chi connectivity index (χ1v) is 6.98. The molecule has 0 aromatic heterocycles. The largest absolute Gasteiger partial charge is 0.347 e. The van der Waals surface area contributed by atoms with Crippen LogP contribution < -0.4 is 10.6 Å². The van der Waals surface area contributed by atoms with E-state index in [0.717, 1.165) is 6.42 Å². The van der Waals surface area contributed by atoms with Gasteiger partial charge in [0.25, 0.3) is 5.91 Å². The van der Waals surface area contributed by atoms with E-state index in [9.17, 15) is 9.59 Å². The molecule has 0 radical (unpaired) electrons. The number of benzene rings is 1. The van der Waals surface area contributed by atoms with Crippen LogP contribution in [0.15, 0.2) is 24.3 Å². The summed E-state index contributed by atoms with van der Waals surface area (Å²) in [7, 11) is 0. The van der Waals surface area contributed by atoms with Gasteiger partial charge in [0, 0.05) is 22.7 Å². The molecular weight excluding hydrogens is 252 g/mol. The molecule has 1 rings (SSSR count). The fourth-order valence-electron chi connectivity index (χ4n) is 1.46. The average molecular weight is 276 g/mol. The topological polar surface area (TPSA) is 58.2 Å². The van der Waals surface area contributed by atoms with Crippen LogP contribution in [0.3, 0.4) is 0 Å². The van der Waals surface area contributed by atoms with Crippen molar-refractivity contribution in [1.29, 1.82) is 0 Å². The van der Waals surface area contributed by atoms with Crippen LogP contribution in [0.5, 0.6) is 0 Å². The maximum atomic E-state index is 12.1. The molecule has 0 unspecified atom stereocenters. The predicted octanol–water partition coefficient (Wildman–Crippen LogP) is 3.20. The fourth-order valence-corrected chi connectivity index (χ4v) is 1.46. The SMILES string of the molecule is CCC(C)(C)NC(=O)c1ccc(NC(=O)C(C)C)cc1. The van der Waals surface area contributed by atoms with Gasteiger partial charge in [0.05, 0.1) is 0 Å². The summed E-state index contributed by atoms with van der Waals surface area (Å²) in [6.07, 6.45) is 0.862. The second-order valence-corrected chi connectivity index (χ2v) is 5.91. The molecule has 0 saturated heterocycles. The predicted molar refractivity (Wildman–Crippen MR) is 81.7 cm³/mol. The van der Waals surface area contributed by atoms with Crippen molar-refractivity contribution in [2.45, 2.75) is 46.6 Å². The van der Waals surface area contributed by atoms with Crippen LogP contribution in [0.25, 0.3) is 0 Å². The van der Waals surface area contributed by atoms with Crippen molar-refractivity contribution in [1.82, 2.24) is 5.32 Å². The Balaban J connectivity index is 2.71. The van der Waals surface area contributed by atoms with E-state index in [4.69, 9.17) is 0 Å². The lowest BCUT2D eigenvalue weighted by Crippen LogP contribution is -2.42. The standard InChI is InChI=1S/C16H24N2O2/c1-6-16(4,5)18-15(20)12-7-9-13(10-8-12)17-14(19)11(2)3/h7-11H,6H2,1-5H3,(H,17,19)(H,18,20). The molecule has 4 nitrogen and oxygen atoms in total. The molecule has 0 atom stereocenters. The van der Waals surface area contributed by atoms with E-state index in [-0.39, 0.29) is 23.3 Å². The Hall–Kier alpha value is -1.84. The van der Waals surface area contributed by atoms with Gasteiger partial charge in [0.2, 0.25) is 5.91 Å². The van der Waals surface area contributed by atoms with Crippen molar-refractivity contribution >= 4 is 17.5 Å². The summed E-state index contributed by atoms with van der Waals surface area (Å²) in [5.41, 5.74) is 1.07. The molecule has 0 aliphatic carbocycles. The number of anilines is 1. The number of rotatable bonds is 5. The maximum Gasteiger partial charge on any atom is 0.251 e. The maximum absolute atomic E-state index is 12.1. The Morgan fingerprint density at radius 3 is 2.15 bits per heavy atom. The third kappa shape index (κ3) is 4.68. The summed E-state index contributed by atoms with van der Waals surface area (Å²) in [5, 5.41) is 5.77. The Morgan fingerprint density at radius 2 is 1.70 bits per heavy atom. The van der Waals surface area contributed by atoms with Crippen LogP contribution in [0, 0.1) is 5.92 Å². The van der Waals surface area contributed by atoms with Crippen LogP contribution in [0.4, 0.5) is 5.69 Å². The Kier molecular flexibility index (Phi) is 5.31. The van der Waals surface area contributed by atoms with E-state index >= 15 is 0 Å². The van der Waals surface area contributed by atoms with Gasteiger partial charge in [-0.2, -0.15) is 0 Å². The minimum absolute atomic E-state index is 0.0330. The second kappa shape index (κ2) is 6.55. The highest BCUT2D eigenvalue weighted by Crippen LogP contribution is 2.13. The molecule has 4 heteroatoms. The van der Waals surface area contributed by atoms with Gasteiger partial charge in [-0.05, 0) is 44.5 Å². The van der Waals surface area contributed by atoms with Gasteiger partial charge in [-0.3, -0.25) is 9.59 Å². The first kappa shape index (κ1) is 16.2. The number of amides is 2. The summed E-state index contributed by atoms with van der Waals surface area (Å²) < 4.78 is 0. The Labute approximate surface area is 121 Å². The lowest BCUT2D eigenvalue weighted by molar-refractivity contribution is -0.118. The summed E-state index contributed by atoms with van der Waals surface area (Å²) in [4.78, 5) is 23.6. The highest BCUT2D eigenvalue weighted by molar-refractivity contribution is 5.96. The molecule has 0 aliphatic heterocycles. The van der Waals surface area contributed by atoms with Gasteiger partial charge >= 0.3 is 0 Å². The molecule has 0 spiro atoms. The van der Waals surface area contributed by atoms with E-state index in [1.807, 2.05) is 34.6 Å². The van der Waals surface area contributed by atoms with Gasteiger partial charge in [0.15, 0.2) is 0 Å². The normalized spacial score (nSPS) is 11.3. The number of carbonyl (C=O) groups is 2. The first-order valence-electron chi connectivity index (χ1n) is 6.98. The zero-order valence-electron chi connectivity index (χ0n) is 12.9. The zero-order chi connectivity index (χ0) is 15.3. The smallest absolute Gasteiger partial charge is 0.251 e. The lowest BCUT2D eigenvalue weighted by atomic mass is 10.0. The van der Waals surface area contributed by atoms with Crippen LogP contribution >= 0.6 is 0 Å². The van der Waals surface area contributed by atoms with Crippen molar-refractivity contribution in [2.24, 2.45) is 5.92 Å². The minimum atomic E-state index is -0.221. The first-order chi connectivity index (χ1) is 9.25. The second-order valence-electron chi connectivity index (χ2n) is 5.91. The van der Waals surface area contributed by atoms with Crippen molar-refractivity contribution in [3.8, 4) is 0 Å². The van der Waals surface area contributed by atoms with Crippen molar-refractivity contribution in [3.05, 3.63) is 29.8 Å². The van der Waals surface area contributed by atoms with Gasteiger partial charge in [-0.1, -0.05) is 20.8 Å². The molecule has 0 aliphatic rings. The molecular formula is C16H24N2O2. The lowest BCUT2D eigenvalue weighted by Gasteiger charge is -2.24. The Bertz CT molecular complexity index is 476. The molecule has 110 valence electrons. The summed E-state index contributed by atoms with van der Waals surface area (Å²) in [6.45, 7) is 9.68. The van der Waals surface area contributed by atoms with Crippen LogP contribution in [0.2, 0.25) is 0 Å². The summed E-state index contributed by atoms with van der Waals surface area (Å²) in [5.74, 6) is -0.198. The van der Waals surface area contributed by atoms with E-state index in [1.165, 1.54) is 0 Å². The number of hydrogen-bond donors (Lipinski definition) is 2. The highest BCUT2D eigenvalue weighted by Gasteiger charge is 2.18. The van der Waals surface area contributed by atoms with Gasteiger partial charge < -0.3 is 10.6 Å². The van der Waals surface area contributed by atoms with Crippen molar-refractivity contribution < 1.29 is 9.59 Å². The third-order valence-electron chi connectivity index (χ3n) is 3.27. The number of hydrogen-bond acceptors (Lipinski definition) is 2.